The Bertz CT molecular complexity index is 780. The minimum atomic E-state index is 0.0540. The van der Waals surface area contributed by atoms with E-state index in [9.17, 15) is 5.11 Å². The third-order valence-electron chi connectivity index (χ3n) is 5.18. The molecule has 144 valence electrons. The highest BCUT2D eigenvalue weighted by Crippen LogP contribution is 2.23. The lowest BCUT2D eigenvalue weighted by Crippen LogP contribution is -2.43. The van der Waals surface area contributed by atoms with Gasteiger partial charge in [-0.25, -0.2) is 0 Å². The summed E-state index contributed by atoms with van der Waals surface area (Å²) in [6.45, 7) is 2.83. The zero-order valence-electron chi connectivity index (χ0n) is 15.4. The summed E-state index contributed by atoms with van der Waals surface area (Å²) in [6.07, 6.45) is 10.5. The maximum absolute atomic E-state index is 9.48. The third kappa shape index (κ3) is 4.58. The zero-order chi connectivity index (χ0) is 18.5. The fraction of sp³-hybridized carbons (Fsp3) is 0.476. The molecule has 1 aliphatic heterocycles. The van der Waals surface area contributed by atoms with Crippen molar-refractivity contribution in [3.63, 3.8) is 0 Å². The van der Waals surface area contributed by atoms with Crippen LogP contribution in [0.5, 0.6) is 6.08 Å². The first-order valence-electron chi connectivity index (χ1n) is 9.70. The summed E-state index contributed by atoms with van der Waals surface area (Å²) < 4.78 is 17.3. The SMILES string of the molecule is OCC1CCCCN1CCOC1C=CC(Oc2nc3ccccc3o2)=CC1. The van der Waals surface area contributed by atoms with Gasteiger partial charge in [-0.3, -0.25) is 4.90 Å². The molecule has 6 heteroatoms. The smallest absolute Gasteiger partial charge is 0.400 e. The molecule has 2 unspecified atom stereocenters. The quantitative estimate of drug-likeness (QED) is 0.807. The van der Waals surface area contributed by atoms with E-state index >= 15 is 0 Å². The molecule has 1 N–H and O–H groups in total. The second-order valence-electron chi connectivity index (χ2n) is 7.03. The number of para-hydroxylation sites is 2. The van der Waals surface area contributed by atoms with Crippen molar-refractivity contribution < 1.29 is 19.0 Å². The molecule has 2 aliphatic rings. The van der Waals surface area contributed by atoms with Gasteiger partial charge < -0.3 is 19.0 Å². The number of rotatable bonds is 7. The van der Waals surface area contributed by atoms with E-state index in [2.05, 4.69) is 9.88 Å². The van der Waals surface area contributed by atoms with Gasteiger partial charge in [-0.15, -0.1) is 0 Å². The van der Waals surface area contributed by atoms with Crippen molar-refractivity contribution in [3.05, 3.63) is 48.3 Å². The number of likely N-dealkylation sites (tertiary alicyclic amines) is 1. The molecule has 0 amide bonds. The first-order valence-corrected chi connectivity index (χ1v) is 9.70. The number of aliphatic hydroxyl groups is 1. The van der Waals surface area contributed by atoms with Crippen LogP contribution in [-0.2, 0) is 4.74 Å². The Morgan fingerprint density at radius 3 is 3.00 bits per heavy atom. The highest BCUT2D eigenvalue weighted by molar-refractivity contribution is 5.72. The monoisotopic (exact) mass is 370 g/mol. The van der Waals surface area contributed by atoms with Gasteiger partial charge in [0, 0.05) is 12.6 Å². The van der Waals surface area contributed by atoms with Crippen molar-refractivity contribution in [2.45, 2.75) is 37.8 Å². The van der Waals surface area contributed by atoms with Crippen LogP contribution >= 0.6 is 0 Å². The molecule has 2 heterocycles. The summed E-state index contributed by atoms with van der Waals surface area (Å²) in [6, 6.07) is 7.88. The van der Waals surface area contributed by atoms with Gasteiger partial charge in [-0.1, -0.05) is 24.6 Å². The van der Waals surface area contributed by atoms with Crippen LogP contribution in [0.2, 0.25) is 0 Å². The number of oxazole rings is 1. The van der Waals surface area contributed by atoms with Crippen molar-refractivity contribution in [1.29, 1.82) is 0 Å². The lowest BCUT2D eigenvalue weighted by molar-refractivity contribution is 0.0304. The Morgan fingerprint density at radius 2 is 2.19 bits per heavy atom. The van der Waals surface area contributed by atoms with E-state index in [1.807, 2.05) is 42.5 Å². The molecule has 1 saturated heterocycles. The van der Waals surface area contributed by atoms with Crippen molar-refractivity contribution >= 4 is 11.1 Å². The molecule has 2 aromatic rings. The van der Waals surface area contributed by atoms with E-state index in [1.54, 1.807) is 0 Å². The lowest BCUT2D eigenvalue weighted by Gasteiger charge is -2.34. The summed E-state index contributed by atoms with van der Waals surface area (Å²) in [5.41, 5.74) is 1.50. The molecule has 2 atom stereocenters. The molecule has 6 nitrogen and oxygen atoms in total. The van der Waals surface area contributed by atoms with Crippen LogP contribution in [0.25, 0.3) is 11.1 Å². The number of aromatic nitrogens is 1. The molecular weight excluding hydrogens is 344 g/mol. The van der Waals surface area contributed by atoms with Gasteiger partial charge in [0.2, 0.25) is 0 Å². The Hall–Kier alpha value is -2.15. The van der Waals surface area contributed by atoms with E-state index < -0.39 is 0 Å². The molecule has 27 heavy (non-hydrogen) atoms. The summed E-state index contributed by atoms with van der Waals surface area (Å²) in [5, 5.41) is 9.48. The van der Waals surface area contributed by atoms with Crippen LogP contribution in [0.4, 0.5) is 0 Å². The first kappa shape index (κ1) is 18.2. The van der Waals surface area contributed by atoms with E-state index in [1.165, 1.54) is 12.8 Å². The third-order valence-corrected chi connectivity index (χ3v) is 5.18. The number of allylic oxidation sites excluding steroid dienone is 1. The van der Waals surface area contributed by atoms with Crippen LogP contribution in [0.15, 0.2) is 52.7 Å². The predicted octanol–water partition coefficient (Wildman–Crippen LogP) is 3.28. The van der Waals surface area contributed by atoms with Crippen molar-refractivity contribution in [2.75, 3.05) is 26.3 Å². The fourth-order valence-electron chi connectivity index (χ4n) is 3.66. The number of hydrogen-bond donors (Lipinski definition) is 1. The summed E-state index contributed by atoms with van der Waals surface area (Å²) >= 11 is 0. The van der Waals surface area contributed by atoms with Crippen molar-refractivity contribution in [2.24, 2.45) is 0 Å². The second-order valence-corrected chi connectivity index (χ2v) is 7.03. The van der Waals surface area contributed by atoms with Crippen LogP contribution in [0, 0.1) is 0 Å². The number of nitrogens with zero attached hydrogens (tertiary/aromatic N) is 2. The van der Waals surface area contributed by atoms with Crippen LogP contribution in [0.1, 0.15) is 25.7 Å². The number of aliphatic hydroxyl groups excluding tert-OH is 1. The summed E-state index contributed by atoms with van der Waals surface area (Å²) in [4.78, 5) is 6.66. The molecule has 1 aromatic carbocycles. The minimum absolute atomic E-state index is 0.0540. The number of ether oxygens (including phenoxy) is 2. The Labute approximate surface area is 159 Å². The van der Waals surface area contributed by atoms with Crippen LogP contribution in [0.3, 0.4) is 0 Å². The lowest BCUT2D eigenvalue weighted by atomic mass is 10.0. The normalized spacial score (nSPS) is 23.5. The van der Waals surface area contributed by atoms with Gasteiger partial charge in [-0.2, -0.15) is 4.98 Å². The Morgan fingerprint density at radius 1 is 1.26 bits per heavy atom. The van der Waals surface area contributed by atoms with Gasteiger partial charge in [-0.05, 0) is 50.1 Å². The van der Waals surface area contributed by atoms with Crippen molar-refractivity contribution in [3.8, 4) is 6.08 Å². The Balaban J connectivity index is 1.23. The second kappa shape index (κ2) is 8.69. The van der Waals surface area contributed by atoms with Gasteiger partial charge >= 0.3 is 6.08 Å². The molecule has 1 fully saturated rings. The highest BCUT2D eigenvalue weighted by Gasteiger charge is 2.21. The fourth-order valence-corrected chi connectivity index (χ4v) is 3.66. The number of piperidine rings is 1. The average Bonchev–Trinajstić information content (AvgIpc) is 3.12. The van der Waals surface area contributed by atoms with E-state index in [-0.39, 0.29) is 18.8 Å². The summed E-state index contributed by atoms with van der Waals surface area (Å²) in [7, 11) is 0. The van der Waals surface area contributed by atoms with Gasteiger partial charge in [0.1, 0.15) is 11.3 Å². The number of fused-ring (bicyclic) bond motifs is 1. The minimum Gasteiger partial charge on any atom is -0.411 e. The topological polar surface area (TPSA) is 68.0 Å². The van der Waals surface area contributed by atoms with Crippen LogP contribution in [-0.4, -0.2) is 53.4 Å². The molecule has 0 radical (unpaired) electrons. The van der Waals surface area contributed by atoms with E-state index in [0.717, 1.165) is 37.2 Å². The zero-order valence-corrected chi connectivity index (χ0v) is 15.4. The molecule has 0 saturated carbocycles. The van der Waals surface area contributed by atoms with E-state index in [0.29, 0.717) is 18.2 Å². The molecule has 0 bridgehead atoms. The highest BCUT2D eigenvalue weighted by atomic mass is 16.6. The van der Waals surface area contributed by atoms with E-state index in [4.69, 9.17) is 13.9 Å². The van der Waals surface area contributed by atoms with Gasteiger partial charge in [0.15, 0.2) is 5.58 Å². The van der Waals surface area contributed by atoms with Crippen molar-refractivity contribution in [1.82, 2.24) is 9.88 Å². The molecule has 4 rings (SSSR count). The largest absolute Gasteiger partial charge is 0.411 e. The maximum atomic E-state index is 9.48. The predicted molar refractivity (Wildman–Crippen MR) is 103 cm³/mol. The average molecular weight is 370 g/mol. The maximum Gasteiger partial charge on any atom is 0.400 e. The van der Waals surface area contributed by atoms with Gasteiger partial charge in [0.25, 0.3) is 0 Å². The molecule has 1 aliphatic carbocycles. The molecule has 0 spiro atoms. The number of hydrogen-bond acceptors (Lipinski definition) is 6. The number of benzene rings is 1. The Kier molecular flexibility index (Phi) is 5.87. The molecule has 1 aromatic heterocycles. The molecular formula is C21H26N2O4. The standard InChI is InChI=1S/C21H26N2O4/c24-15-16-5-3-4-12-23(16)13-14-25-17-8-10-18(11-9-17)26-21-22-19-6-1-2-7-20(19)27-21/h1-2,6-8,10-11,16-17,24H,3-5,9,12-15H2. The first-order chi connectivity index (χ1) is 13.3. The van der Waals surface area contributed by atoms with Crippen LogP contribution < -0.4 is 4.74 Å². The summed E-state index contributed by atoms with van der Waals surface area (Å²) in [5.74, 6) is 0.720. The van der Waals surface area contributed by atoms with Gasteiger partial charge in [0.05, 0.1) is 19.3 Å².